The highest BCUT2D eigenvalue weighted by atomic mass is 16.5. The molecule has 1 N–H and O–H groups in total. The van der Waals surface area contributed by atoms with Gasteiger partial charge in [-0.25, -0.2) is 4.98 Å². The van der Waals surface area contributed by atoms with Crippen molar-refractivity contribution in [2.45, 2.75) is 52.5 Å². The summed E-state index contributed by atoms with van der Waals surface area (Å²) in [7, 11) is 0. The Morgan fingerprint density at radius 3 is 3.05 bits per heavy atom. The largest absolute Gasteiger partial charge is 0.382 e. The summed E-state index contributed by atoms with van der Waals surface area (Å²) in [5, 5.41) is 3.55. The van der Waals surface area contributed by atoms with Gasteiger partial charge < -0.3 is 14.6 Å². The Kier molecular flexibility index (Phi) is 6.37. The fraction of sp³-hybridized carbons (Fsp3) is 0.812. The predicted molar refractivity (Wildman–Crippen MR) is 82.9 cm³/mol. The van der Waals surface area contributed by atoms with Crippen LogP contribution in [-0.2, 0) is 11.3 Å². The summed E-state index contributed by atoms with van der Waals surface area (Å²) in [5.74, 6) is 2.66. The van der Waals surface area contributed by atoms with Crippen LogP contribution in [0.1, 0.15) is 46.0 Å². The van der Waals surface area contributed by atoms with E-state index in [1.807, 2.05) is 13.1 Å². The van der Waals surface area contributed by atoms with Gasteiger partial charge in [-0.05, 0) is 31.6 Å². The molecule has 1 saturated carbocycles. The quantitative estimate of drug-likeness (QED) is 0.740. The number of aryl methyl sites for hydroxylation is 1. The van der Waals surface area contributed by atoms with E-state index in [1.165, 1.54) is 25.7 Å². The van der Waals surface area contributed by atoms with Crippen molar-refractivity contribution in [3.8, 4) is 0 Å². The summed E-state index contributed by atoms with van der Waals surface area (Å²) < 4.78 is 7.59. The molecule has 4 nitrogen and oxygen atoms in total. The molecule has 2 unspecified atom stereocenters. The van der Waals surface area contributed by atoms with Crippen molar-refractivity contribution in [3.63, 3.8) is 0 Å². The zero-order valence-corrected chi connectivity index (χ0v) is 13.0. The third-order valence-electron chi connectivity index (χ3n) is 4.42. The number of nitrogens with one attached hydrogen (secondary N) is 1. The van der Waals surface area contributed by atoms with Crippen LogP contribution in [0, 0.1) is 11.8 Å². The van der Waals surface area contributed by atoms with Crippen LogP contribution < -0.4 is 5.32 Å². The van der Waals surface area contributed by atoms with Gasteiger partial charge in [0.15, 0.2) is 0 Å². The fourth-order valence-electron chi connectivity index (χ4n) is 3.06. The van der Waals surface area contributed by atoms with Crippen molar-refractivity contribution in [3.05, 3.63) is 12.4 Å². The smallest absolute Gasteiger partial charge is 0.202 e. The maximum absolute atomic E-state index is 5.39. The molecule has 20 heavy (non-hydrogen) atoms. The Labute approximate surface area is 122 Å². The molecule has 0 spiro atoms. The van der Waals surface area contributed by atoms with E-state index in [2.05, 4.69) is 28.0 Å². The molecular formula is C16H29N3O. The molecule has 1 aliphatic rings. The lowest BCUT2D eigenvalue weighted by molar-refractivity contribution is 0.142. The van der Waals surface area contributed by atoms with E-state index in [0.29, 0.717) is 0 Å². The van der Waals surface area contributed by atoms with Crippen LogP contribution in [0.25, 0.3) is 0 Å². The number of anilines is 1. The first-order valence-corrected chi connectivity index (χ1v) is 8.14. The molecular weight excluding hydrogens is 250 g/mol. The third kappa shape index (κ3) is 4.51. The summed E-state index contributed by atoms with van der Waals surface area (Å²) in [5.41, 5.74) is 0. The number of imidazole rings is 1. The zero-order valence-electron chi connectivity index (χ0n) is 13.0. The van der Waals surface area contributed by atoms with E-state index in [0.717, 1.165) is 50.5 Å². The number of nitrogens with zero attached hydrogens (tertiary/aromatic N) is 2. The molecule has 1 aromatic heterocycles. The number of rotatable bonds is 8. The third-order valence-corrected chi connectivity index (χ3v) is 4.42. The monoisotopic (exact) mass is 279 g/mol. The van der Waals surface area contributed by atoms with Crippen LogP contribution in [0.2, 0.25) is 0 Å². The van der Waals surface area contributed by atoms with E-state index in [4.69, 9.17) is 4.74 Å². The van der Waals surface area contributed by atoms with E-state index in [1.54, 1.807) is 0 Å². The van der Waals surface area contributed by atoms with E-state index >= 15 is 0 Å². The molecule has 1 heterocycles. The molecule has 0 radical (unpaired) electrons. The van der Waals surface area contributed by atoms with Gasteiger partial charge >= 0.3 is 0 Å². The predicted octanol–water partition coefficient (Wildman–Crippen LogP) is 3.55. The highest BCUT2D eigenvalue weighted by Gasteiger charge is 2.21. The average Bonchev–Trinajstić information content (AvgIpc) is 2.90. The van der Waals surface area contributed by atoms with Crippen LogP contribution in [0.4, 0.5) is 5.95 Å². The van der Waals surface area contributed by atoms with Crippen LogP contribution in [0.15, 0.2) is 12.4 Å². The van der Waals surface area contributed by atoms with Gasteiger partial charge in [-0.2, -0.15) is 0 Å². The second kappa shape index (κ2) is 8.30. The standard InChI is InChI=1S/C16H29N3O/c1-3-20-12-6-10-19-11-9-17-16(19)18-13-15-8-5-4-7-14(15)2/h9,11,14-15H,3-8,10,12-13H2,1-2H3,(H,17,18). The lowest BCUT2D eigenvalue weighted by Crippen LogP contribution is -2.25. The molecule has 0 bridgehead atoms. The fourth-order valence-corrected chi connectivity index (χ4v) is 3.06. The molecule has 114 valence electrons. The van der Waals surface area contributed by atoms with Gasteiger partial charge in [-0.1, -0.05) is 26.2 Å². The first-order valence-electron chi connectivity index (χ1n) is 8.14. The summed E-state index contributed by atoms with van der Waals surface area (Å²) in [6.45, 7) is 8.09. The van der Waals surface area contributed by atoms with Crippen molar-refractivity contribution < 1.29 is 4.74 Å². The number of aromatic nitrogens is 2. The van der Waals surface area contributed by atoms with Crippen LogP contribution >= 0.6 is 0 Å². The van der Waals surface area contributed by atoms with E-state index in [9.17, 15) is 0 Å². The van der Waals surface area contributed by atoms with Gasteiger partial charge in [-0.15, -0.1) is 0 Å². The Morgan fingerprint density at radius 2 is 2.25 bits per heavy atom. The number of hydrogen-bond acceptors (Lipinski definition) is 3. The summed E-state index contributed by atoms with van der Waals surface area (Å²) in [6, 6.07) is 0. The molecule has 0 aliphatic heterocycles. The highest BCUT2D eigenvalue weighted by molar-refractivity contribution is 5.25. The molecule has 1 fully saturated rings. The highest BCUT2D eigenvalue weighted by Crippen LogP contribution is 2.29. The minimum Gasteiger partial charge on any atom is -0.382 e. The second-order valence-electron chi connectivity index (χ2n) is 5.90. The Morgan fingerprint density at radius 1 is 1.40 bits per heavy atom. The molecule has 0 saturated heterocycles. The summed E-state index contributed by atoms with van der Waals surface area (Å²) in [6.07, 6.45) is 10.5. The first-order chi connectivity index (χ1) is 9.81. The zero-order chi connectivity index (χ0) is 14.2. The van der Waals surface area contributed by atoms with E-state index in [-0.39, 0.29) is 0 Å². The van der Waals surface area contributed by atoms with Gasteiger partial charge in [0.2, 0.25) is 5.95 Å². The van der Waals surface area contributed by atoms with Gasteiger partial charge in [0.1, 0.15) is 0 Å². The van der Waals surface area contributed by atoms with Crippen molar-refractivity contribution in [2.24, 2.45) is 11.8 Å². The average molecular weight is 279 g/mol. The van der Waals surface area contributed by atoms with Crippen molar-refractivity contribution >= 4 is 5.95 Å². The Hall–Kier alpha value is -1.03. The van der Waals surface area contributed by atoms with Crippen molar-refractivity contribution in [1.82, 2.24) is 9.55 Å². The molecule has 4 heteroatoms. The Balaban J connectivity index is 1.76. The SMILES string of the molecule is CCOCCCn1ccnc1NCC1CCCCC1C. The lowest BCUT2D eigenvalue weighted by Gasteiger charge is -2.29. The molecule has 1 aliphatic carbocycles. The molecule has 0 aromatic carbocycles. The maximum atomic E-state index is 5.39. The summed E-state index contributed by atoms with van der Waals surface area (Å²) in [4.78, 5) is 4.44. The Bertz CT molecular complexity index is 378. The molecule has 1 aromatic rings. The van der Waals surface area contributed by atoms with Gasteiger partial charge in [0.25, 0.3) is 0 Å². The van der Waals surface area contributed by atoms with Gasteiger partial charge in [-0.3, -0.25) is 0 Å². The minimum atomic E-state index is 0.800. The summed E-state index contributed by atoms with van der Waals surface area (Å²) >= 11 is 0. The van der Waals surface area contributed by atoms with Gasteiger partial charge in [0, 0.05) is 38.7 Å². The van der Waals surface area contributed by atoms with Crippen molar-refractivity contribution in [2.75, 3.05) is 25.1 Å². The molecule has 2 atom stereocenters. The molecule has 2 rings (SSSR count). The normalized spacial score (nSPS) is 22.9. The number of ether oxygens (including phenoxy) is 1. The lowest BCUT2D eigenvalue weighted by atomic mass is 9.80. The van der Waals surface area contributed by atoms with Crippen molar-refractivity contribution in [1.29, 1.82) is 0 Å². The van der Waals surface area contributed by atoms with Crippen LogP contribution in [-0.4, -0.2) is 29.3 Å². The van der Waals surface area contributed by atoms with Gasteiger partial charge in [0.05, 0.1) is 0 Å². The first kappa shape index (κ1) is 15.4. The second-order valence-corrected chi connectivity index (χ2v) is 5.90. The minimum absolute atomic E-state index is 0.800. The topological polar surface area (TPSA) is 39.1 Å². The molecule has 0 amide bonds. The van der Waals surface area contributed by atoms with E-state index < -0.39 is 0 Å². The maximum Gasteiger partial charge on any atom is 0.202 e. The van der Waals surface area contributed by atoms with Crippen LogP contribution in [0.5, 0.6) is 0 Å². The van der Waals surface area contributed by atoms with Crippen LogP contribution in [0.3, 0.4) is 0 Å². The number of hydrogen-bond donors (Lipinski definition) is 1.